The molecular formula is C18H20N2O3. The molecule has 0 aromatic heterocycles. The topological polar surface area (TPSA) is 61.8 Å². The maximum absolute atomic E-state index is 11.8. The van der Waals surface area contributed by atoms with Crippen molar-refractivity contribution < 1.29 is 14.6 Å². The molecule has 23 heavy (non-hydrogen) atoms. The Morgan fingerprint density at radius 1 is 1.26 bits per heavy atom. The fourth-order valence-electron chi connectivity index (χ4n) is 2.67. The lowest BCUT2D eigenvalue weighted by molar-refractivity contribution is -0.115. The Morgan fingerprint density at radius 3 is 2.91 bits per heavy atom. The highest BCUT2D eigenvalue weighted by Crippen LogP contribution is 2.28. The zero-order valence-corrected chi connectivity index (χ0v) is 13.0. The number of para-hydroxylation sites is 2. The van der Waals surface area contributed by atoms with Crippen molar-refractivity contribution in [2.75, 3.05) is 29.9 Å². The van der Waals surface area contributed by atoms with E-state index in [0.29, 0.717) is 6.54 Å². The summed E-state index contributed by atoms with van der Waals surface area (Å²) in [7, 11) is 0. The smallest absolute Gasteiger partial charge is 0.243 e. The van der Waals surface area contributed by atoms with Gasteiger partial charge in [-0.3, -0.25) is 4.79 Å². The number of carbonyl (C=O) groups excluding carboxylic acids is 1. The number of aliphatic hydroxyl groups excluding tert-OH is 1. The lowest BCUT2D eigenvalue weighted by atomic mass is 10.2. The van der Waals surface area contributed by atoms with E-state index in [1.807, 2.05) is 60.4 Å². The van der Waals surface area contributed by atoms with Crippen molar-refractivity contribution in [3.8, 4) is 5.75 Å². The number of nitrogens with zero attached hydrogens (tertiary/aromatic N) is 1. The molecule has 1 atom stereocenters. The van der Waals surface area contributed by atoms with Crippen molar-refractivity contribution in [3.63, 3.8) is 0 Å². The van der Waals surface area contributed by atoms with Crippen LogP contribution in [0.3, 0.4) is 0 Å². The molecule has 0 saturated heterocycles. The SMILES string of the molecule is Cc1cccc(OCC(O)CN2CC(=O)Nc3ccccc32)c1. The molecule has 2 aromatic carbocycles. The number of amides is 1. The van der Waals surface area contributed by atoms with E-state index in [-0.39, 0.29) is 19.1 Å². The lowest BCUT2D eigenvalue weighted by Crippen LogP contribution is -2.43. The number of nitrogens with one attached hydrogen (secondary N) is 1. The Balaban J connectivity index is 1.61. The Labute approximate surface area is 135 Å². The van der Waals surface area contributed by atoms with Gasteiger partial charge < -0.3 is 20.1 Å². The van der Waals surface area contributed by atoms with E-state index in [1.165, 1.54) is 0 Å². The largest absolute Gasteiger partial charge is 0.491 e. The summed E-state index contributed by atoms with van der Waals surface area (Å²) in [6.45, 7) is 2.76. The van der Waals surface area contributed by atoms with E-state index < -0.39 is 6.10 Å². The normalized spacial score (nSPS) is 14.9. The van der Waals surface area contributed by atoms with Gasteiger partial charge in [-0.25, -0.2) is 0 Å². The number of aryl methyl sites for hydroxylation is 1. The van der Waals surface area contributed by atoms with Gasteiger partial charge in [0.05, 0.1) is 17.9 Å². The van der Waals surface area contributed by atoms with Gasteiger partial charge in [0.1, 0.15) is 18.5 Å². The Hall–Kier alpha value is -2.53. The van der Waals surface area contributed by atoms with E-state index in [9.17, 15) is 9.90 Å². The molecule has 5 heteroatoms. The summed E-state index contributed by atoms with van der Waals surface area (Å²) in [5.41, 5.74) is 2.80. The Bertz CT molecular complexity index is 702. The van der Waals surface area contributed by atoms with Gasteiger partial charge in [-0.15, -0.1) is 0 Å². The van der Waals surface area contributed by atoms with E-state index in [0.717, 1.165) is 22.7 Å². The summed E-state index contributed by atoms with van der Waals surface area (Å²) >= 11 is 0. The second kappa shape index (κ2) is 6.71. The molecule has 0 spiro atoms. The van der Waals surface area contributed by atoms with Crippen LogP contribution in [0, 0.1) is 6.92 Å². The van der Waals surface area contributed by atoms with Crippen LogP contribution in [0.4, 0.5) is 11.4 Å². The van der Waals surface area contributed by atoms with Crippen LogP contribution >= 0.6 is 0 Å². The minimum atomic E-state index is -0.686. The first-order valence-electron chi connectivity index (χ1n) is 7.63. The monoisotopic (exact) mass is 312 g/mol. The van der Waals surface area contributed by atoms with Crippen molar-refractivity contribution in [2.24, 2.45) is 0 Å². The molecule has 2 aromatic rings. The molecule has 0 bridgehead atoms. The molecule has 0 saturated carbocycles. The van der Waals surface area contributed by atoms with Gasteiger partial charge in [0, 0.05) is 6.54 Å². The van der Waals surface area contributed by atoms with Crippen LogP contribution in [0.1, 0.15) is 5.56 Å². The summed E-state index contributed by atoms with van der Waals surface area (Å²) < 4.78 is 5.63. The number of anilines is 2. The highest BCUT2D eigenvalue weighted by molar-refractivity contribution is 6.01. The van der Waals surface area contributed by atoms with Crippen molar-refractivity contribution in [1.29, 1.82) is 0 Å². The van der Waals surface area contributed by atoms with Crippen LogP contribution in [0.5, 0.6) is 5.75 Å². The van der Waals surface area contributed by atoms with E-state index >= 15 is 0 Å². The quantitative estimate of drug-likeness (QED) is 0.888. The number of benzene rings is 2. The van der Waals surface area contributed by atoms with Gasteiger partial charge in [0.2, 0.25) is 5.91 Å². The van der Waals surface area contributed by atoms with Crippen molar-refractivity contribution in [1.82, 2.24) is 0 Å². The molecule has 1 aliphatic rings. The Kier molecular flexibility index (Phi) is 4.48. The van der Waals surface area contributed by atoms with Crippen LogP contribution in [-0.2, 0) is 4.79 Å². The zero-order valence-electron chi connectivity index (χ0n) is 13.0. The third-order valence-electron chi connectivity index (χ3n) is 3.72. The molecular weight excluding hydrogens is 292 g/mol. The van der Waals surface area contributed by atoms with Gasteiger partial charge in [-0.05, 0) is 36.8 Å². The average Bonchev–Trinajstić information content (AvgIpc) is 2.53. The second-order valence-corrected chi connectivity index (χ2v) is 5.73. The number of hydrogen-bond donors (Lipinski definition) is 2. The number of fused-ring (bicyclic) bond motifs is 1. The van der Waals surface area contributed by atoms with Crippen LogP contribution in [0.25, 0.3) is 0 Å². The van der Waals surface area contributed by atoms with Crippen molar-refractivity contribution in [3.05, 3.63) is 54.1 Å². The third-order valence-corrected chi connectivity index (χ3v) is 3.72. The standard InChI is InChI=1S/C18H20N2O3/c1-13-5-4-6-15(9-13)23-12-14(21)10-20-11-18(22)19-16-7-2-3-8-17(16)20/h2-9,14,21H,10-12H2,1H3,(H,19,22). The van der Waals surface area contributed by atoms with Gasteiger partial charge in [0.25, 0.3) is 0 Å². The first kappa shape index (κ1) is 15.4. The summed E-state index contributed by atoms with van der Waals surface area (Å²) in [6, 6.07) is 15.3. The molecule has 3 rings (SSSR count). The molecule has 0 fully saturated rings. The van der Waals surface area contributed by atoms with E-state index in [2.05, 4.69) is 5.32 Å². The summed E-state index contributed by atoms with van der Waals surface area (Å²) in [5, 5.41) is 13.1. The number of ether oxygens (including phenoxy) is 1. The van der Waals surface area contributed by atoms with Crippen LogP contribution in [0.2, 0.25) is 0 Å². The van der Waals surface area contributed by atoms with Crippen LogP contribution in [-0.4, -0.2) is 36.8 Å². The number of rotatable bonds is 5. The summed E-state index contributed by atoms with van der Waals surface area (Å²) in [5.74, 6) is 0.663. The number of β-amino-alcohol motifs (C(OH)–C–C–N with tert-alkyl or cyclic N) is 1. The molecule has 1 heterocycles. The molecule has 1 aliphatic heterocycles. The van der Waals surface area contributed by atoms with Gasteiger partial charge >= 0.3 is 0 Å². The third kappa shape index (κ3) is 3.81. The Morgan fingerprint density at radius 2 is 2.09 bits per heavy atom. The summed E-state index contributed by atoms with van der Waals surface area (Å²) in [4.78, 5) is 13.6. The molecule has 1 amide bonds. The number of aliphatic hydroxyl groups is 1. The predicted octanol–water partition coefficient (Wildman–Crippen LogP) is 2.19. The minimum absolute atomic E-state index is 0.0736. The summed E-state index contributed by atoms with van der Waals surface area (Å²) in [6.07, 6.45) is -0.686. The van der Waals surface area contributed by atoms with Gasteiger partial charge in [0.15, 0.2) is 0 Å². The second-order valence-electron chi connectivity index (χ2n) is 5.73. The van der Waals surface area contributed by atoms with Crippen molar-refractivity contribution in [2.45, 2.75) is 13.0 Å². The maximum atomic E-state index is 11.8. The lowest BCUT2D eigenvalue weighted by Gasteiger charge is -2.32. The fourth-order valence-corrected chi connectivity index (χ4v) is 2.67. The zero-order chi connectivity index (χ0) is 16.2. The fraction of sp³-hybridized carbons (Fsp3) is 0.278. The van der Waals surface area contributed by atoms with Crippen molar-refractivity contribution >= 4 is 17.3 Å². The predicted molar refractivity (Wildman–Crippen MR) is 90.0 cm³/mol. The molecule has 0 radical (unpaired) electrons. The van der Waals surface area contributed by atoms with E-state index in [1.54, 1.807) is 0 Å². The highest BCUT2D eigenvalue weighted by Gasteiger charge is 2.23. The first-order chi connectivity index (χ1) is 11.1. The van der Waals surface area contributed by atoms with Crippen LogP contribution < -0.4 is 15.0 Å². The van der Waals surface area contributed by atoms with Gasteiger partial charge in [-0.1, -0.05) is 24.3 Å². The molecule has 1 unspecified atom stereocenters. The van der Waals surface area contributed by atoms with Crippen LogP contribution in [0.15, 0.2) is 48.5 Å². The van der Waals surface area contributed by atoms with E-state index in [4.69, 9.17) is 4.74 Å². The minimum Gasteiger partial charge on any atom is -0.491 e. The highest BCUT2D eigenvalue weighted by atomic mass is 16.5. The molecule has 5 nitrogen and oxygen atoms in total. The average molecular weight is 312 g/mol. The first-order valence-corrected chi connectivity index (χ1v) is 7.63. The number of carbonyl (C=O) groups is 1. The number of hydrogen-bond acceptors (Lipinski definition) is 4. The molecule has 0 aliphatic carbocycles. The van der Waals surface area contributed by atoms with Gasteiger partial charge in [-0.2, -0.15) is 0 Å². The molecule has 2 N–H and O–H groups in total. The maximum Gasteiger partial charge on any atom is 0.243 e. The molecule has 120 valence electrons.